The maximum Gasteiger partial charge on any atom is 0.417 e. The summed E-state index contributed by atoms with van der Waals surface area (Å²) in [6.45, 7) is 0.658. The van der Waals surface area contributed by atoms with Crippen LogP contribution in [0.25, 0.3) is 11.0 Å². The number of hydrogen-bond donors (Lipinski definition) is 2. The van der Waals surface area contributed by atoms with Crippen molar-refractivity contribution in [3.8, 4) is 6.07 Å². The zero-order valence-corrected chi connectivity index (χ0v) is 15.3. The van der Waals surface area contributed by atoms with Crippen LogP contribution in [0.3, 0.4) is 0 Å². The van der Waals surface area contributed by atoms with Gasteiger partial charge in [-0.05, 0) is 25.1 Å². The molecule has 0 fully saturated rings. The van der Waals surface area contributed by atoms with Gasteiger partial charge in [-0.2, -0.15) is 18.4 Å². The van der Waals surface area contributed by atoms with Crippen LogP contribution in [0.5, 0.6) is 0 Å². The van der Waals surface area contributed by atoms with E-state index < -0.39 is 47.0 Å². The number of aromatic nitrogens is 2. The Balaban J connectivity index is 1.85. The Morgan fingerprint density at radius 3 is 2.53 bits per heavy atom. The average molecular weight is 424 g/mol. The fourth-order valence-electron chi connectivity index (χ4n) is 2.80. The molecular weight excluding hydrogens is 411 g/mol. The summed E-state index contributed by atoms with van der Waals surface area (Å²) in [5.74, 6) is -3.31. The number of rotatable bonds is 4. The van der Waals surface area contributed by atoms with Gasteiger partial charge in [0.05, 0.1) is 41.1 Å². The summed E-state index contributed by atoms with van der Waals surface area (Å²) in [5.41, 5.74) is -4.08. The lowest BCUT2D eigenvalue weighted by Gasteiger charge is -2.23. The van der Waals surface area contributed by atoms with Gasteiger partial charge < -0.3 is 15.0 Å². The summed E-state index contributed by atoms with van der Waals surface area (Å²) in [6, 6.07) is 5.69. The molecule has 0 radical (unpaired) electrons. The Labute approximate surface area is 166 Å². The number of fused-ring (bicyclic) bond motifs is 1. The van der Waals surface area contributed by atoms with Gasteiger partial charge in [-0.1, -0.05) is 0 Å². The summed E-state index contributed by atoms with van der Waals surface area (Å²) in [5, 5.41) is 21.5. The molecule has 2 N–H and O–H groups in total. The maximum atomic E-state index is 13.5. The quantitative estimate of drug-likeness (QED) is 0.627. The van der Waals surface area contributed by atoms with Crippen molar-refractivity contribution in [2.75, 3.05) is 5.32 Å². The first-order valence-corrected chi connectivity index (χ1v) is 8.37. The molecule has 30 heavy (non-hydrogen) atoms. The smallest absolute Gasteiger partial charge is 0.378 e. The summed E-state index contributed by atoms with van der Waals surface area (Å²) >= 11 is 0. The molecule has 0 bridgehead atoms. The van der Waals surface area contributed by atoms with E-state index in [0.29, 0.717) is 6.07 Å². The molecule has 1 unspecified atom stereocenters. The first kappa shape index (κ1) is 21.2. The van der Waals surface area contributed by atoms with Crippen molar-refractivity contribution in [3.05, 3.63) is 59.4 Å². The molecule has 0 saturated carbocycles. The van der Waals surface area contributed by atoms with E-state index in [4.69, 9.17) is 5.26 Å². The van der Waals surface area contributed by atoms with E-state index in [0.717, 1.165) is 37.5 Å². The monoisotopic (exact) mass is 424 g/mol. The molecular formula is C19H13F5N4O2. The van der Waals surface area contributed by atoms with E-state index in [-0.39, 0.29) is 16.7 Å². The van der Waals surface area contributed by atoms with Crippen LogP contribution in [0.2, 0.25) is 0 Å². The van der Waals surface area contributed by atoms with E-state index in [1.807, 2.05) is 0 Å². The van der Waals surface area contributed by atoms with Gasteiger partial charge in [-0.3, -0.25) is 4.79 Å². The van der Waals surface area contributed by atoms with Crippen LogP contribution in [0.15, 0.2) is 36.7 Å². The number of nitrogens with one attached hydrogen (secondary N) is 1. The van der Waals surface area contributed by atoms with Crippen molar-refractivity contribution in [2.45, 2.75) is 25.2 Å². The maximum absolute atomic E-state index is 13.5. The van der Waals surface area contributed by atoms with Crippen molar-refractivity contribution < 1.29 is 31.9 Å². The van der Waals surface area contributed by atoms with Gasteiger partial charge in [-0.25, -0.2) is 13.8 Å². The van der Waals surface area contributed by atoms with Crippen LogP contribution in [-0.4, -0.2) is 26.2 Å². The number of carbonyl (C=O) groups excluding carboxylic acids is 1. The highest BCUT2D eigenvalue weighted by molar-refractivity contribution is 5.97. The number of carbonyl (C=O) groups is 1. The molecule has 1 amide bonds. The number of alkyl halides is 3. The Morgan fingerprint density at radius 1 is 1.23 bits per heavy atom. The zero-order chi connectivity index (χ0) is 22.3. The van der Waals surface area contributed by atoms with E-state index in [9.17, 15) is 31.9 Å². The largest absolute Gasteiger partial charge is 0.417 e. The minimum atomic E-state index is -4.82. The number of anilines is 1. The lowest BCUT2D eigenvalue weighted by molar-refractivity contribution is -0.138. The van der Waals surface area contributed by atoms with Crippen LogP contribution >= 0.6 is 0 Å². The number of imidazole rings is 1. The topological polar surface area (TPSA) is 90.9 Å². The molecule has 156 valence electrons. The van der Waals surface area contributed by atoms with Gasteiger partial charge in [0.25, 0.3) is 5.91 Å². The molecule has 1 aromatic heterocycles. The number of halogens is 5. The van der Waals surface area contributed by atoms with Crippen molar-refractivity contribution in [1.29, 1.82) is 5.26 Å². The van der Waals surface area contributed by atoms with Gasteiger partial charge in [0.15, 0.2) is 17.2 Å². The van der Waals surface area contributed by atoms with Crippen molar-refractivity contribution in [2.24, 2.45) is 0 Å². The summed E-state index contributed by atoms with van der Waals surface area (Å²) < 4.78 is 67.2. The molecule has 0 saturated heterocycles. The van der Waals surface area contributed by atoms with Crippen molar-refractivity contribution in [1.82, 2.24) is 9.55 Å². The van der Waals surface area contributed by atoms with Crippen molar-refractivity contribution in [3.63, 3.8) is 0 Å². The highest BCUT2D eigenvalue weighted by Crippen LogP contribution is 2.33. The molecule has 11 heteroatoms. The van der Waals surface area contributed by atoms with Crippen LogP contribution in [0.4, 0.5) is 27.6 Å². The molecule has 0 spiro atoms. The second-order valence-corrected chi connectivity index (χ2v) is 6.73. The average Bonchev–Trinajstić information content (AvgIpc) is 3.02. The first-order chi connectivity index (χ1) is 13.9. The Kier molecular flexibility index (Phi) is 5.22. The number of nitriles is 1. The number of hydrogen-bond acceptors (Lipinski definition) is 4. The lowest BCUT2D eigenvalue weighted by atomic mass is 10.0. The number of aliphatic hydroxyl groups is 1. The van der Waals surface area contributed by atoms with Gasteiger partial charge in [0.2, 0.25) is 0 Å². The molecule has 6 nitrogen and oxygen atoms in total. The third kappa shape index (κ3) is 4.08. The van der Waals surface area contributed by atoms with Gasteiger partial charge in [0.1, 0.15) is 0 Å². The molecule has 2 aromatic carbocycles. The summed E-state index contributed by atoms with van der Waals surface area (Å²) in [6.07, 6.45) is -3.65. The SMILES string of the molecule is CC(O)(Cn1cnc2cc(F)c(F)cc21)C(=O)Nc1ccc(C#N)c(C(F)(F)F)c1. The third-order valence-electron chi connectivity index (χ3n) is 4.33. The highest BCUT2D eigenvalue weighted by atomic mass is 19.4. The van der Waals surface area contributed by atoms with Gasteiger partial charge in [0, 0.05) is 17.8 Å². The molecule has 3 rings (SSSR count). The molecule has 0 aliphatic rings. The minimum absolute atomic E-state index is 0.0898. The molecule has 1 heterocycles. The second kappa shape index (κ2) is 7.38. The molecule has 3 aromatic rings. The Bertz CT molecular complexity index is 1180. The fraction of sp³-hybridized carbons (Fsp3) is 0.211. The van der Waals surface area contributed by atoms with E-state index in [1.165, 1.54) is 10.6 Å². The zero-order valence-electron chi connectivity index (χ0n) is 15.3. The first-order valence-electron chi connectivity index (χ1n) is 8.37. The van der Waals surface area contributed by atoms with E-state index >= 15 is 0 Å². The van der Waals surface area contributed by atoms with Crippen molar-refractivity contribution >= 4 is 22.6 Å². The Hall–Kier alpha value is -3.52. The number of benzene rings is 2. The highest BCUT2D eigenvalue weighted by Gasteiger charge is 2.35. The standard InChI is InChI=1S/C19H13F5N4O2/c1-18(30,8-28-9-26-15-5-13(20)14(21)6-16(15)28)17(29)27-11-3-2-10(7-25)12(4-11)19(22,23)24/h2-6,9,30H,8H2,1H3,(H,27,29). The van der Waals surface area contributed by atoms with Gasteiger partial charge >= 0.3 is 6.18 Å². The molecule has 0 aliphatic heterocycles. The Morgan fingerprint density at radius 2 is 1.90 bits per heavy atom. The van der Waals surface area contributed by atoms with Crippen LogP contribution in [0, 0.1) is 23.0 Å². The molecule has 1 atom stereocenters. The summed E-state index contributed by atoms with van der Waals surface area (Å²) in [7, 11) is 0. The summed E-state index contributed by atoms with van der Waals surface area (Å²) in [4.78, 5) is 16.3. The number of amides is 1. The lowest BCUT2D eigenvalue weighted by Crippen LogP contribution is -2.43. The second-order valence-electron chi connectivity index (χ2n) is 6.73. The predicted octanol–water partition coefficient (Wildman–Crippen LogP) is 3.59. The molecule has 0 aliphatic carbocycles. The van der Waals surface area contributed by atoms with E-state index in [1.54, 1.807) is 0 Å². The normalized spacial score (nSPS) is 13.7. The number of nitrogens with zero attached hydrogens (tertiary/aromatic N) is 3. The van der Waals surface area contributed by atoms with Gasteiger partial charge in [-0.15, -0.1) is 0 Å². The predicted molar refractivity (Wildman–Crippen MR) is 95.1 cm³/mol. The third-order valence-corrected chi connectivity index (χ3v) is 4.33. The van der Waals surface area contributed by atoms with E-state index in [2.05, 4.69) is 10.3 Å². The fourth-order valence-corrected chi connectivity index (χ4v) is 2.80. The minimum Gasteiger partial charge on any atom is -0.378 e. The van der Waals surface area contributed by atoms with Crippen LogP contribution < -0.4 is 5.32 Å². The van der Waals surface area contributed by atoms with Crippen LogP contribution in [0.1, 0.15) is 18.1 Å². The van der Waals surface area contributed by atoms with Crippen LogP contribution in [-0.2, 0) is 17.5 Å².